The van der Waals surface area contributed by atoms with Gasteiger partial charge >= 0.3 is 0 Å². The number of nitrogens with one attached hydrogen (secondary N) is 1. The van der Waals surface area contributed by atoms with Crippen LogP contribution in [0.1, 0.15) is 21.5 Å². The van der Waals surface area contributed by atoms with E-state index in [4.69, 9.17) is 0 Å². The molecular formula is C15H13F2NO. The van der Waals surface area contributed by atoms with E-state index in [9.17, 15) is 13.6 Å². The van der Waals surface area contributed by atoms with Crippen molar-refractivity contribution < 1.29 is 13.6 Å². The van der Waals surface area contributed by atoms with E-state index in [2.05, 4.69) is 5.32 Å². The molecule has 2 aromatic carbocycles. The Morgan fingerprint density at radius 1 is 1.11 bits per heavy atom. The topological polar surface area (TPSA) is 29.1 Å². The summed E-state index contributed by atoms with van der Waals surface area (Å²) in [6, 6.07) is 10.7. The summed E-state index contributed by atoms with van der Waals surface area (Å²) in [5.74, 6) is -2.04. The van der Waals surface area contributed by atoms with E-state index in [0.29, 0.717) is 11.1 Å². The first kappa shape index (κ1) is 13.2. The second kappa shape index (κ2) is 5.61. The van der Waals surface area contributed by atoms with Gasteiger partial charge in [-0.05, 0) is 36.2 Å². The molecule has 0 aliphatic rings. The number of carbonyl (C=O) groups is 1. The predicted molar refractivity (Wildman–Crippen MR) is 68.7 cm³/mol. The molecule has 0 aliphatic carbocycles. The quantitative estimate of drug-likeness (QED) is 0.903. The van der Waals surface area contributed by atoms with Gasteiger partial charge in [0.05, 0.1) is 0 Å². The van der Waals surface area contributed by atoms with Gasteiger partial charge in [0.15, 0.2) is 11.6 Å². The molecule has 2 nitrogen and oxygen atoms in total. The predicted octanol–water partition coefficient (Wildman–Crippen LogP) is 3.20. The summed E-state index contributed by atoms with van der Waals surface area (Å²) in [7, 11) is 0. The smallest absolute Gasteiger partial charge is 0.251 e. The van der Waals surface area contributed by atoms with Gasteiger partial charge in [-0.2, -0.15) is 0 Å². The van der Waals surface area contributed by atoms with Gasteiger partial charge in [0.1, 0.15) is 0 Å². The van der Waals surface area contributed by atoms with Gasteiger partial charge in [0.25, 0.3) is 5.91 Å². The Hall–Kier alpha value is -2.23. The third-order valence-corrected chi connectivity index (χ3v) is 2.83. The van der Waals surface area contributed by atoms with Crippen LogP contribution in [0.2, 0.25) is 0 Å². The molecule has 4 heteroatoms. The number of benzene rings is 2. The third kappa shape index (κ3) is 3.16. The van der Waals surface area contributed by atoms with E-state index in [0.717, 1.165) is 17.7 Å². The molecule has 2 aromatic rings. The van der Waals surface area contributed by atoms with Gasteiger partial charge in [0, 0.05) is 12.1 Å². The summed E-state index contributed by atoms with van der Waals surface area (Å²) >= 11 is 0. The van der Waals surface area contributed by atoms with Crippen LogP contribution in [-0.4, -0.2) is 5.91 Å². The number of rotatable bonds is 3. The summed E-state index contributed by atoms with van der Waals surface area (Å²) in [4.78, 5) is 11.9. The van der Waals surface area contributed by atoms with Crippen LogP contribution < -0.4 is 5.32 Å². The van der Waals surface area contributed by atoms with Gasteiger partial charge < -0.3 is 5.32 Å². The van der Waals surface area contributed by atoms with E-state index in [-0.39, 0.29) is 12.5 Å². The lowest BCUT2D eigenvalue weighted by molar-refractivity contribution is 0.0950. The van der Waals surface area contributed by atoms with Gasteiger partial charge in [-0.1, -0.05) is 24.3 Å². The Balaban J connectivity index is 2.04. The van der Waals surface area contributed by atoms with E-state index in [1.807, 2.05) is 19.1 Å². The molecule has 0 heterocycles. The van der Waals surface area contributed by atoms with Crippen LogP contribution in [0, 0.1) is 18.6 Å². The second-order valence-corrected chi connectivity index (χ2v) is 4.25. The van der Waals surface area contributed by atoms with Crippen LogP contribution in [0.5, 0.6) is 0 Å². The molecule has 1 amide bonds. The number of aryl methyl sites for hydroxylation is 1. The lowest BCUT2D eigenvalue weighted by Crippen LogP contribution is -2.23. The molecule has 0 saturated carbocycles. The average molecular weight is 261 g/mol. The Kier molecular flexibility index (Phi) is 3.90. The minimum atomic E-state index is -0.914. The number of carbonyl (C=O) groups excluding carboxylic acids is 1. The zero-order valence-electron chi connectivity index (χ0n) is 10.4. The van der Waals surface area contributed by atoms with Gasteiger partial charge in [-0.15, -0.1) is 0 Å². The highest BCUT2D eigenvalue weighted by Crippen LogP contribution is 2.10. The van der Waals surface area contributed by atoms with Crippen LogP contribution in [-0.2, 0) is 6.54 Å². The summed E-state index contributed by atoms with van der Waals surface area (Å²) in [6.07, 6.45) is 0. The van der Waals surface area contributed by atoms with Crippen molar-refractivity contribution in [3.05, 3.63) is 70.8 Å². The third-order valence-electron chi connectivity index (χ3n) is 2.83. The highest BCUT2D eigenvalue weighted by Gasteiger charge is 2.08. The fourth-order valence-corrected chi connectivity index (χ4v) is 1.75. The van der Waals surface area contributed by atoms with Gasteiger partial charge in [-0.3, -0.25) is 4.79 Å². The number of hydrogen-bond acceptors (Lipinski definition) is 1. The fraction of sp³-hybridized carbons (Fsp3) is 0.133. The second-order valence-electron chi connectivity index (χ2n) is 4.25. The number of halogens is 2. The van der Waals surface area contributed by atoms with Crippen LogP contribution in [0.15, 0.2) is 42.5 Å². The van der Waals surface area contributed by atoms with E-state index in [1.165, 1.54) is 6.07 Å². The van der Waals surface area contributed by atoms with E-state index >= 15 is 0 Å². The fourth-order valence-electron chi connectivity index (χ4n) is 1.75. The maximum atomic E-state index is 13.0. The molecule has 0 unspecified atom stereocenters. The first-order valence-electron chi connectivity index (χ1n) is 5.85. The van der Waals surface area contributed by atoms with Crippen molar-refractivity contribution in [3.8, 4) is 0 Å². The van der Waals surface area contributed by atoms with E-state index in [1.54, 1.807) is 12.1 Å². The molecular weight excluding hydrogens is 248 g/mol. The Morgan fingerprint density at radius 2 is 1.84 bits per heavy atom. The molecule has 0 atom stereocenters. The Morgan fingerprint density at radius 3 is 2.53 bits per heavy atom. The van der Waals surface area contributed by atoms with Gasteiger partial charge in [-0.25, -0.2) is 8.78 Å². The molecule has 0 spiro atoms. The maximum absolute atomic E-state index is 13.0. The zero-order valence-corrected chi connectivity index (χ0v) is 10.4. The van der Waals surface area contributed by atoms with Crippen molar-refractivity contribution in [3.63, 3.8) is 0 Å². The standard InChI is InChI=1S/C15H13F2NO/c1-10-4-2-3-5-12(10)15(19)18-9-11-6-7-13(16)14(17)8-11/h2-8H,9H2,1H3,(H,18,19). The Labute approximate surface area is 110 Å². The van der Waals surface area contributed by atoms with Crippen molar-refractivity contribution in [2.45, 2.75) is 13.5 Å². The summed E-state index contributed by atoms with van der Waals surface area (Å²) in [5, 5.41) is 2.67. The molecule has 2 rings (SSSR count). The van der Waals surface area contributed by atoms with E-state index < -0.39 is 11.6 Å². The molecule has 98 valence electrons. The molecule has 0 bridgehead atoms. The SMILES string of the molecule is Cc1ccccc1C(=O)NCc1ccc(F)c(F)c1. The van der Waals surface area contributed by atoms with Crippen molar-refractivity contribution in [2.75, 3.05) is 0 Å². The zero-order chi connectivity index (χ0) is 13.8. The highest BCUT2D eigenvalue weighted by molar-refractivity contribution is 5.95. The first-order chi connectivity index (χ1) is 9.08. The Bertz CT molecular complexity index is 611. The molecule has 19 heavy (non-hydrogen) atoms. The van der Waals surface area contributed by atoms with Crippen molar-refractivity contribution in [1.82, 2.24) is 5.32 Å². The van der Waals surface area contributed by atoms with Crippen molar-refractivity contribution in [2.24, 2.45) is 0 Å². The monoisotopic (exact) mass is 261 g/mol. The number of hydrogen-bond donors (Lipinski definition) is 1. The van der Waals surface area contributed by atoms with Crippen molar-refractivity contribution in [1.29, 1.82) is 0 Å². The normalized spacial score (nSPS) is 10.3. The van der Waals surface area contributed by atoms with Crippen LogP contribution in [0.3, 0.4) is 0 Å². The lowest BCUT2D eigenvalue weighted by atomic mass is 10.1. The first-order valence-corrected chi connectivity index (χ1v) is 5.85. The summed E-state index contributed by atoms with van der Waals surface area (Å²) < 4.78 is 25.8. The average Bonchev–Trinajstić information content (AvgIpc) is 2.40. The molecule has 1 N–H and O–H groups in total. The molecule has 0 aliphatic heterocycles. The molecule has 0 saturated heterocycles. The number of amides is 1. The lowest BCUT2D eigenvalue weighted by Gasteiger charge is -2.07. The molecule has 0 radical (unpaired) electrons. The van der Waals surface area contributed by atoms with Gasteiger partial charge in [0.2, 0.25) is 0 Å². The van der Waals surface area contributed by atoms with Crippen LogP contribution >= 0.6 is 0 Å². The van der Waals surface area contributed by atoms with Crippen LogP contribution in [0.4, 0.5) is 8.78 Å². The minimum absolute atomic E-state index is 0.157. The molecule has 0 aromatic heterocycles. The maximum Gasteiger partial charge on any atom is 0.251 e. The minimum Gasteiger partial charge on any atom is -0.348 e. The highest BCUT2D eigenvalue weighted by atomic mass is 19.2. The largest absolute Gasteiger partial charge is 0.348 e. The summed E-state index contributed by atoms with van der Waals surface area (Å²) in [6.45, 7) is 2.00. The van der Waals surface area contributed by atoms with Crippen molar-refractivity contribution >= 4 is 5.91 Å². The molecule has 0 fully saturated rings. The van der Waals surface area contributed by atoms with Crippen LogP contribution in [0.25, 0.3) is 0 Å². The summed E-state index contributed by atoms with van der Waals surface area (Å²) in [5.41, 5.74) is 1.95.